The van der Waals surface area contributed by atoms with E-state index in [1.54, 1.807) is 0 Å². The van der Waals surface area contributed by atoms with Crippen LogP contribution < -0.4 is 11.2 Å². The van der Waals surface area contributed by atoms with Crippen molar-refractivity contribution in [2.75, 3.05) is 13.2 Å². The van der Waals surface area contributed by atoms with Crippen molar-refractivity contribution in [2.45, 2.75) is 19.2 Å². The predicted molar refractivity (Wildman–Crippen MR) is 69.2 cm³/mol. The molecule has 0 saturated heterocycles. The summed E-state index contributed by atoms with van der Waals surface area (Å²) in [5.74, 6) is -1.14. The van der Waals surface area contributed by atoms with Crippen molar-refractivity contribution in [1.29, 1.82) is 0 Å². The van der Waals surface area contributed by atoms with Crippen LogP contribution >= 0.6 is 0 Å². The number of hydrogen-bond acceptors (Lipinski definition) is 5. The van der Waals surface area contributed by atoms with Crippen molar-refractivity contribution in [3.8, 4) is 0 Å². The highest BCUT2D eigenvalue weighted by Gasteiger charge is 2.16. The fourth-order valence-corrected chi connectivity index (χ4v) is 1.24. The molecule has 0 radical (unpaired) electrons. The van der Waals surface area contributed by atoms with E-state index in [4.69, 9.17) is 15.6 Å². The van der Waals surface area contributed by atoms with Gasteiger partial charge in [-0.15, -0.1) is 0 Å². The summed E-state index contributed by atoms with van der Waals surface area (Å²) >= 11 is 0. The maximum absolute atomic E-state index is 10.8. The van der Waals surface area contributed by atoms with Crippen molar-refractivity contribution in [3.05, 3.63) is 35.9 Å². The highest BCUT2D eigenvalue weighted by molar-refractivity contribution is 5.71. The lowest BCUT2D eigenvalue weighted by atomic mass is 10.2. The molecule has 4 N–H and O–H groups in total. The van der Waals surface area contributed by atoms with Gasteiger partial charge in [0.05, 0.1) is 13.2 Å². The second kappa shape index (κ2) is 9.01. The smallest absolute Gasteiger partial charge is 0.355 e. The number of aliphatic carboxylic acids is 1. The zero-order valence-electron chi connectivity index (χ0n) is 10.5. The molecule has 0 aliphatic heterocycles. The molecule has 0 aliphatic rings. The molecule has 1 aromatic rings. The van der Waals surface area contributed by atoms with Crippen LogP contribution in [0.25, 0.3) is 0 Å². The first-order valence-electron chi connectivity index (χ1n) is 5.94. The Bertz CT molecular complexity index is 397. The van der Waals surface area contributed by atoms with Gasteiger partial charge in [0.15, 0.2) is 0 Å². The molecular formula is C12H18N4O3. The van der Waals surface area contributed by atoms with Crippen LogP contribution in [0.2, 0.25) is 0 Å². The Morgan fingerprint density at radius 1 is 1.42 bits per heavy atom. The number of carboxylic acids is 1. The molecule has 0 saturated carbocycles. The highest BCUT2D eigenvalue weighted by atomic mass is 16.5. The Hall–Kier alpha value is -1.99. The molecule has 0 aromatic heterocycles. The van der Waals surface area contributed by atoms with Crippen LogP contribution in [-0.4, -0.2) is 30.5 Å². The summed E-state index contributed by atoms with van der Waals surface area (Å²) in [5.41, 5.74) is 8.62. The Labute approximate surface area is 111 Å². The summed E-state index contributed by atoms with van der Waals surface area (Å²) in [6.45, 7) is 1.08. The number of nitrogens with two attached hydrogens (primary N) is 1. The van der Waals surface area contributed by atoms with Crippen molar-refractivity contribution in [1.82, 2.24) is 5.43 Å². The van der Waals surface area contributed by atoms with Crippen molar-refractivity contribution in [2.24, 2.45) is 16.1 Å². The number of carbonyl (C=O) groups is 1. The van der Waals surface area contributed by atoms with E-state index in [1.165, 1.54) is 0 Å². The third-order valence-electron chi connectivity index (χ3n) is 2.20. The lowest BCUT2D eigenvalue weighted by molar-refractivity contribution is -0.152. The SMILES string of the molecule is NCCCO[C@H](NN=NCc1ccccc1)C(=O)O. The van der Waals surface area contributed by atoms with Crippen molar-refractivity contribution >= 4 is 5.97 Å². The highest BCUT2D eigenvalue weighted by Crippen LogP contribution is 2.00. The van der Waals surface area contributed by atoms with Gasteiger partial charge in [-0.25, -0.2) is 4.79 Å². The molecule has 104 valence electrons. The topological polar surface area (TPSA) is 109 Å². The van der Waals surface area contributed by atoms with Crippen LogP contribution in [0.15, 0.2) is 40.7 Å². The van der Waals surface area contributed by atoms with Gasteiger partial charge >= 0.3 is 5.97 Å². The minimum Gasteiger partial charge on any atom is -0.478 e. The van der Waals surface area contributed by atoms with E-state index in [9.17, 15) is 4.79 Å². The van der Waals surface area contributed by atoms with Gasteiger partial charge in [0.1, 0.15) is 0 Å². The van der Waals surface area contributed by atoms with Gasteiger partial charge < -0.3 is 15.6 Å². The van der Waals surface area contributed by atoms with Crippen LogP contribution in [0, 0.1) is 0 Å². The van der Waals surface area contributed by atoms with Gasteiger partial charge in [-0.3, -0.25) is 5.43 Å². The van der Waals surface area contributed by atoms with E-state index in [1.807, 2.05) is 30.3 Å². The summed E-state index contributed by atoms with van der Waals surface area (Å²) in [6, 6.07) is 9.52. The van der Waals surface area contributed by atoms with Crippen molar-refractivity contribution in [3.63, 3.8) is 0 Å². The molecule has 7 nitrogen and oxygen atoms in total. The van der Waals surface area contributed by atoms with Gasteiger partial charge in [0.2, 0.25) is 6.23 Å². The molecular weight excluding hydrogens is 248 g/mol. The predicted octanol–water partition coefficient (Wildman–Crippen LogP) is 0.919. The molecule has 0 heterocycles. The van der Waals surface area contributed by atoms with Crippen LogP contribution in [0.5, 0.6) is 0 Å². The molecule has 1 rings (SSSR count). The van der Waals surface area contributed by atoms with Crippen LogP contribution in [0.1, 0.15) is 12.0 Å². The fraction of sp³-hybridized carbons (Fsp3) is 0.417. The monoisotopic (exact) mass is 266 g/mol. The Balaban J connectivity index is 2.32. The second-order valence-electron chi connectivity index (χ2n) is 3.75. The van der Waals surface area contributed by atoms with Gasteiger partial charge in [-0.1, -0.05) is 35.6 Å². The average Bonchev–Trinajstić information content (AvgIpc) is 2.42. The average molecular weight is 266 g/mol. The van der Waals surface area contributed by atoms with Gasteiger partial charge in [0.25, 0.3) is 0 Å². The van der Waals surface area contributed by atoms with E-state index in [0.717, 1.165) is 5.56 Å². The van der Waals surface area contributed by atoms with E-state index < -0.39 is 12.2 Å². The van der Waals surface area contributed by atoms with Crippen molar-refractivity contribution < 1.29 is 14.6 Å². The minimum atomic E-state index is -1.20. The molecule has 0 bridgehead atoms. The normalized spacial score (nSPS) is 12.5. The van der Waals surface area contributed by atoms with Gasteiger partial charge in [-0.2, -0.15) is 5.11 Å². The number of nitrogens with zero attached hydrogens (tertiary/aromatic N) is 2. The molecule has 1 aromatic carbocycles. The first-order valence-corrected chi connectivity index (χ1v) is 5.94. The summed E-state index contributed by atoms with van der Waals surface area (Å²) < 4.78 is 5.05. The summed E-state index contributed by atoms with van der Waals surface area (Å²) in [4.78, 5) is 10.8. The lowest BCUT2D eigenvalue weighted by Gasteiger charge is -2.11. The fourth-order valence-electron chi connectivity index (χ4n) is 1.24. The number of rotatable bonds is 9. The molecule has 0 fully saturated rings. The Kier molecular flexibility index (Phi) is 7.14. The van der Waals surface area contributed by atoms with Crippen LogP contribution in [0.4, 0.5) is 0 Å². The van der Waals surface area contributed by atoms with Crippen LogP contribution in [0.3, 0.4) is 0 Å². The zero-order valence-corrected chi connectivity index (χ0v) is 10.5. The first kappa shape index (κ1) is 15.1. The zero-order chi connectivity index (χ0) is 13.9. The van der Waals surface area contributed by atoms with Gasteiger partial charge in [0, 0.05) is 0 Å². The number of benzene rings is 1. The first-order chi connectivity index (χ1) is 9.24. The largest absolute Gasteiger partial charge is 0.478 e. The number of ether oxygens (including phenoxy) is 1. The van der Waals surface area contributed by atoms with E-state index >= 15 is 0 Å². The molecule has 0 amide bonds. The van der Waals surface area contributed by atoms with E-state index in [2.05, 4.69) is 15.8 Å². The van der Waals surface area contributed by atoms with E-state index in [0.29, 0.717) is 19.5 Å². The Morgan fingerprint density at radius 3 is 2.79 bits per heavy atom. The Morgan fingerprint density at radius 2 is 2.16 bits per heavy atom. The van der Waals surface area contributed by atoms with Crippen LogP contribution in [-0.2, 0) is 16.1 Å². The summed E-state index contributed by atoms with van der Waals surface area (Å²) in [7, 11) is 0. The molecule has 19 heavy (non-hydrogen) atoms. The maximum Gasteiger partial charge on any atom is 0.355 e. The third-order valence-corrected chi connectivity index (χ3v) is 2.20. The van der Waals surface area contributed by atoms with Gasteiger partial charge in [-0.05, 0) is 18.5 Å². The van der Waals surface area contributed by atoms with E-state index in [-0.39, 0.29) is 6.61 Å². The number of carboxylic acid groups (broad SMARTS) is 1. The second-order valence-corrected chi connectivity index (χ2v) is 3.75. The number of nitrogens with one attached hydrogen (secondary N) is 1. The molecule has 0 aliphatic carbocycles. The molecule has 1 atom stereocenters. The number of hydrogen-bond donors (Lipinski definition) is 3. The minimum absolute atomic E-state index is 0.259. The molecule has 7 heteroatoms. The maximum atomic E-state index is 10.8. The lowest BCUT2D eigenvalue weighted by Crippen LogP contribution is -2.36. The standard InChI is InChI=1S/C12H18N4O3/c13-7-4-8-19-11(12(17)18)15-16-14-9-10-5-2-1-3-6-10/h1-3,5-6,11H,4,7-9,13H2,(H,14,15)(H,17,18)/t11-/m0/s1. The quantitative estimate of drug-likeness (QED) is 0.266. The molecule has 0 unspecified atom stereocenters. The third kappa shape index (κ3) is 6.49. The summed E-state index contributed by atoms with van der Waals surface area (Å²) in [5, 5.41) is 16.3. The molecule has 0 spiro atoms. The summed E-state index contributed by atoms with van der Waals surface area (Å²) in [6.07, 6.45) is -0.613.